The minimum Gasteiger partial charge on any atom is -0.508 e. The molecule has 2 aliphatic heterocycles. The molecule has 10 N–H and O–H groups in total. The van der Waals surface area contributed by atoms with E-state index in [0.717, 1.165) is 12.1 Å². The molecule has 0 saturated heterocycles. The number of aliphatic hydroxyl groups excluding tert-OH is 2. The van der Waals surface area contributed by atoms with E-state index in [1.807, 2.05) is 0 Å². The molecule has 218 valence electrons. The molecular weight excluding hydrogens is 552 g/mol. The minimum atomic E-state index is -1.59. The molecular formula is C30H26O12. The number of benzene rings is 4. The van der Waals surface area contributed by atoms with Gasteiger partial charge in [-0.05, 0) is 35.4 Å². The van der Waals surface area contributed by atoms with Crippen molar-refractivity contribution < 1.29 is 60.5 Å². The zero-order chi connectivity index (χ0) is 30.0. The predicted molar refractivity (Wildman–Crippen MR) is 143 cm³/mol. The van der Waals surface area contributed by atoms with Gasteiger partial charge in [0, 0.05) is 41.3 Å². The van der Waals surface area contributed by atoms with Gasteiger partial charge in [0.25, 0.3) is 0 Å². The highest BCUT2D eigenvalue weighted by Crippen LogP contribution is 2.57. The first kappa shape index (κ1) is 27.0. The number of phenolic OH excluding ortho intramolecular Hbond substituents is 8. The van der Waals surface area contributed by atoms with Gasteiger partial charge in [-0.25, -0.2) is 0 Å². The lowest BCUT2D eigenvalue weighted by atomic mass is 9.77. The summed E-state index contributed by atoms with van der Waals surface area (Å²) in [4.78, 5) is 0. The molecule has 0 radical (unpaired) electrons. The van der Waals surface area contributed by atoms with Crippen LogP contribution in [0.15, 0.2) is 54.6 Å². The Balaban J connectivity index is 1.55. The van der Waals surface area contributed by atoms with Crippen molar-refractivity contribution in [1.82, 2.24) is 0 Å². The number of rotatable bonds is 3. The number of aromatic hydroxyl groups is 8. The van der Waals surface area contributed by atoms with Crippen molar-refractivity contribution in [2.24, 2.45) is 0 Å². The summed E-state index contributed by atoms with van der Waals surface area (Å²) in [5.74, 6) is -5.08. The Labute approximate surface area is 237 Å². The monoisotopic (exact) mass is 578 g/mol. The van der Waals surface area contributed by atoms with E-state index in [-0.39, 0.29) is 51.5 Å². The number of hydrogen-bond acceptors (Lipinski definition) is 12. The fourth-order valence-corrected chi connectivity index (χ4v) is 5.71. The van der Waals surface area contributed by atoms with E-state index < -0.39 is 70.6 Å². The van der Waals surface area contributed by atoms with E-state index in [9.17, 15) is 51.1 Å². The Hall–Kier alpha value is -5.20. The quantitative estimate of drug-likeness (QED) is 0.159. The first-order chi connectivity index (χ1) is 19.9. The van der Waals surface area contributed by atoms with Gasteiger partial charge in [0.15, 0.2) is 29.1 Å². The summed E-state index contributed by atoms with van der Waals surface area (Å²) in [5, 5.41) is 105. The fourth-order valence-electron chi connectivity index (χ4n) is 5.71. The van der Waals surface area contributed by atoms with Crippen LogP contribution in [0.25, 0.3) is 0 Å². The summed E-state index contributed by atoms with van der Waals surface area (Å²) in [6.07, 6.45) is -5.43. The highest BCUT2D eigenvalue weighted by molar-refractivity contribution is 5.65. The second-order valence-corrected chi connectivity index (χ2v) is 10.3. The third-order valence-electron chi connectivity index (χ3n) is 7.67. The second kappa shape index (κ2) is 9.72. The molecule has 12 heteroatoms. The molecule has 2 aliphatic rings. The van der Waals surface area contributed by atoms with Crippen molar-refractivity contribution in [3.05, 3.63) is 82.4 Å². The first-order valence-electron chi connectivity index (χ1n) is 12.8. The lowest BCUT2D eigenvalue weighted by Gasteiger charge is -2.40. The van der Waals surface area contributed by atoms with Gasteiger partial charge in [0.2, 0.25) is 0 Å². The van der Waals surface area contributed by atoms with Crippen LogP contribution >= 0.6 is 0 Å². The maximum atomic E-state index is 11.8. The standard InChI is InChI=1S/C30H26O12/c31-13-7-20(37)24-23(8-13)41-29(12-2-4-16(33)19(36)6-12)27(40)26(24)25-21(38)10-17(34)14-9-22(39)28(42-30(14)25)11-1-3-15(32)18(35)5-11/h1-8,10,22,26-29,31-40H,9H2/t22-,26+,27-,28+,29+/m1/s1. The predicted octanol–water partition coefficient (Wildman–Crippen LogP) is 3.00. The van der Waals surface area contributed by atoms with E-state index in [1.165, 1.54) is 42.5 Å². The maximum absolute atomic E-state index is 11.8. The molecule has 0 bridgehead atoms. The zero-order valence-corrected chi connectivity index (χ0v) is 21.6. The van der Waals surface area contributed by atoms with Crippen LogP contribution in [0.3, 0.4) is 0 Å². The van der Waals surface area contributed by atoms with Crippen LogP contribution in [0.2, 0.25) is 0 Å². The van der Waals surface area contributed by atoms with Gasteiger partial charge in [-0.1, -0.05) is 12.1 Å². The van der Waals surface area contributed by atoms with Gasteiger partial charge in [0.05, 0.1) is 12.0 Å². The van der Waals surface area contributed by atoms with Crippen LogP contribution in [-0.2, 0) is 6.42 Å². The maximum Gasteiger partial charge on any atom is 0.157 e. The molecule has 4 aromatic rings. The summed E-state index contributed by atoms with van der Waals surface area (Å²) < 4.78 is 12.1. The number of phenols is 8. The summed E-state index contributed by atoms with van der Waals surface area (Å²) in [6, 6.07) is 10.8. The molecule has 0 aromatic heterocycles. The molecule has 0 spiro atoms. The third-order valence-corrected chi connectivity index (χ3v) is 7.67. The SMILES string of the molecule is Oc1cc(O)c2c(c1)O[C@@H](c1ccc(O)c(O)c1)[C@H](O)[C@@H]2c1c(O)cc(O)c2c1O[C@@H](c1ccc(O)c(O)c1)[C@H](O)C2. The summed E-state index contributed by atoms with van der Waals surface area (Å²) in [5.41, 5.74) is 0.435. The van der Waals surface area contributed by atoms with E-state index >= 15 is 0 Å². The Morgan fingerprint density at radius 2 is 1.14 bits per heavy atom. The van der Waals surface area contributed by atoms with Crippen molar-refractivity contribution in [3.8, 4) is 57.5 Å². The van der Waals surface area contributed by atoms with Crippen LogP contribution in [-0.4, -0.2) is 63.3 Å². The Bertz CT molecular complexity index is 1720. The molecule has 6 rings (SSSR count). The number of fused-ring (bicyclic) bond motifs is 2. The molecule has 5 atom stereocenters. The summed E-state index contributed by atoms with van der Waals surface area (Å²) in [6.45, 7) is 0. The molecule has 0 fully saturated rings. The lowest BCUT2D eigenvalue weighted by molar-refractivity contribution is 0.00115. The highest BCUT2D eigenvalue weighted by Gasteiger charge is 2.46. The van der Waals surface area contributed by atoms with Crippen LogP contribution < -0.4 is 9.47 Å². The molecule has 0 aliphatic carbocycles. The van der Waals surface area contributed by atoms with Crippen LogP contribution in [0.5, 0.6) is 57.5 Å². The largest absolute Gasteiger partial charge is 0.508 e. The van der Waals surface area contributed by atoms with Crippen LogP contribution in [0.4, 0.5) is 0 Å². The average Bonchev–Trinajstić information content (AvgIpc) is 2.93. The van der Waals surface area contributed by atoms with E-state index in [2.05, 4.69) is 0 Å². The number of ether oxygens (including phenoxy) is 2. The van der Waals surface area contributed by atoms with Crippen molar-refractivity contribution in [2.45, 2.75) is 36.8 Å². The Kier molecular flexibility index (Phi) is 6.24. The summed E-state index contributed by atoms with van der Waals surface area (Å²) in [7, 11) is 0. The molecule has 4 aromatic carbocycles. The molecule has 12 nitrogen and oxygen atoms in total. The highest BCUT2D eigenvalue weighted by atomic mass is 16.5. The number of hydrogen-bond donors (Lipinski definition) is 10. The van der Waals surface area contributed by atoms with E-state index in [0.29, 0.717) is 0 Å². The molecule has 42 heavy (non-hydrogen) atoms. The first-order valence-corrected chi connectivity index (χ1v) is 12.8. The minimum absolute atomic E-state index is 0.0312. The Morgan fingerprint density at radius 3 is 1.76 bits per heavy atom. The zero-order valence-electron chi connectivity index (χ0n) is 21.6. The van der Waals surface area contributed by atoms with Crippen molar-refractivity contribution in [1.29, 1.82) is 0 Å². The summed E-state index contributed by atoms with van der Waals surface area (Å²) >= 11 is 0. The molecule has 0 unspecified atom stereocenters. The van der Waals surface area contributed by atoms with Crippen molar-refractivity contribution in [3.63, 3.8) is 0 Å². The molecule has 0 amide bonds. The van der Waals surface area contributed by atoms with Gasteiger partial charge in [-0.15, -0.1) is 0 Å². The van der Waals surface area contributed by atoms with Crippen LogP contribution in [0.1, 0.15) is 45.9 Å². The smallest absolute Gasteiger partial charge is 0.157 e. The van der Waals surface area contributed by atoms with Gasteiger partial charge >= 0.3 is 0 Å². The van der Waals surface area contributed by atoms with Gasteiger partial charge < -0.3 is 60.5 Å². The average molecular weight is 579 g/mol. The second-order valence-electron chi connectivity index (χ2n) is 10.3. The van der Waals surface area contributed by atoms with Crippen molar-refractivity contribution >= 4 is 0 Å². The fraction of sp³-hybridized carbons (Fsp3) is 0.200. The third kappa shape index (κ3) is 4.24. The van der Waals surface area contributed by atoms with Gasteiger partial charge in [0.1, 0.15) is 46.7 Å². The van der Waals surface area contributed by atoms with Gasteiger partial charge in [-0.2, -0.15) is 0 Å². The number of aliphatic hydroxyl groups is 2. The van der Waals surface area contributed by atoms with Gasteiger partial charge in [-0.3, -0.25) is 0 Å². The molecule has 2 heterocycles. The van der Waals surface area contributed by atoms with E-state index in [1.54, 1.807) is 0 Å². The lowest BCUT2D eigenvalue weighted by Crippen LogP contribution is -2.36. The molecule has 0 saturated carbocycles. The normalized spacial score (nSPS) is 22.9. The topological polar surface area (TPSA) is 221 Å². The van der Waals surface area contributed by atoms with Crippen molar-refractivity contribution in [2.75, 3.05) is 0 Å². The Morgan fingerprint density at radius 1 is 0.548 bits per heavy atom. The van der Waals surface area contributed by atoms with Crippen LogP contribution in [0, 0.1) is 0 Å². The van der Waals surface area contributed by atoms with E-state index in [4.69, 9.17) is 9.47 Å².